The minimum absolute atomic E-state index is 0.0831. The second-order valence-electron chi connectivity index (χ2n) is 5.03. The summed E-state index contributed by atoms with van der Waals surface area (Å²) in [4.78, 5) is 11.4. The van der Waals surface area contributed by atoms with E-state index >= 15 is 0 Å². The smallest absolute Gasteiger partial charge is 0.254 e. The zero-order valence-electron chi connectivity index (χ0n) is 12.0. The van der Waals surface area contributed by atoms with Crippen LogP contribution in [0.3, 0.4) is 0 Å². The van der Waals surface area contributed by atoms with Crippen molar-refractivity contribution in [2.45, 2.75) is 44.0 Å². The molecule has 0 atom stereocenters. The Balaban J connectivity index is 3.32. The van der Waals surface area contributed by atoms with Crippen LogP contribution >= 0.6 is 11.6 Å². The number of amides is 1. The maximum Gasteiger partial charge on any atom is 0.254 e. The first-order valence-electron chi connectivity index (χ1n) is 6.38. The number of rotatable bonds is 5. The van der Waals surface area contributed by atoms with E-state index < -0.39 is 37.7 Å². The lowest BCUT2D eigenvalue weighted by Gasteiger charge is -2.28. The Hall–Kier alpha value is -1.18. The van der Waals surface area contributed by atoms with Gasteiger partial charge in [0, 0.05) is 10.6 Å². The van der Waals surface area contributed by atoms with Crippen LogP contribution in [-0.2, 0) is 10.0 Å². The van der Waals surface area contributed by atoms with E-state index in [4.69, 9.17) is 16.7 Å². The van der Waals surface area contributed by atoms with Crippen LogP contribution in [0.15, 0.2) is 17.0 Å². The average molecular weight is 337 g/mol. The van der Waals surface area contributed by atoms with Gasteiger partial charge >= 0.3 is 0 Å². The molecule has 118 valence electrons. The Labute approximate surface area is 128 Å². The van der Waals surface area contributed by atoms with Crippen LogP contribution in [0.1, 0.15) is 44.0 Å². The minimum Gasteiger partial charge on any atom is -0.347 e. The maximum absolute atomic E-state index is 14.2. The van der Waals surface area contributed by atoms with Crippen molar-refractivity contribution in [2.24, 2.45) is 5.14 Å². The van der Waals surface area contributed by atoms with Crippen LogP contribution in [0.5, 0.6) is 0 Å². The molecule has 0 saturated heterocycles. The summed E-state index contributed by atoms with van der Waals surface area (Å²) in [5.41, 5.74) is -0.965. The first kappa shape index (κ1) is 17.9. The van der Waals surface area contributed by atoms with Crippen molar-refractivity contribution in [2.75, 3.05) is 0 Å². The highest BCUT2D eigenvalue weighted by atomic mass is 35.5. The maximum atomic E-state index is 14.2. The van der Waals surface area contributed by atoms with Crippen molar-refractivity contribution in [1.29, 1.82) is 0 Å². The molecule has 0 aliphatic carbocycles. The second-order valence-corrected chi connectivity index (χ2v) is 7.00. The van der Waals surface area contributed by atoms with E-state index in [1.54, 1.807) is 0 Å². The van der Waals surface area contributed by atoms with Crippen LogP contribution < -0.4 is 10.5 Å². The third-order valence-electron chi connectivity index (χ3n) is 3.53. The first-order valence-corrected chi connectivity index (χ1v) is 8.31. The summed E-state index contributed by atoms with van der Waals surface area (Å²) >= 11 is 5.74. The van der Waals surface area contributed by atoms with Gasteiger partial charge in [-0.15, -0.1) is 0 Å². The molecule has 1 amide bonds. The number of hydrogen-bond donors (Lipinski definition) is 2. The summed E-state index contributed by atoms with van der Waals surface area (Å²) in [6, 6.07) is 1.95. The van der Waals surface area contributed by atoms with Gasteiger partial charge in [0.15, 0.2) is 5.82 Å². The summed E-state index contributed by atoms with van der Waals surface area (Å²) < 4.78 is 36.9. The zero-order valence-corrected chi connectivity index (χ0v) is 13.6. The molecule has 0 aliphatic heterocycles. The lowest BCUT2D eigenvalue weighted by atomic mass is 9.95. The Kier molecular flexibility index (Phi) is 5.35. The van der Waals surface area contributed by atoms with Gasteiger partial charge < -0.3 is 5.32 Å². The number of carbonyl (C=O) groups excluding carboxylic acids is 1. The average Bonchev–Trinajstić information content (AvgIpc) is 2.39. The van der Waals surface area contributed by atoms with Crippen LogP contribution in [0.2, 0.25) is 5.02 Å². The quantitative estimate of drug-likeness (QED) is 0.865. The van der Waals surface area contributed by atoms with Crippen molar-refractivity contribution >= 4 is 27.5 Å². The number of carbonyl (C=O) groups is 1. The molecule has 5 nitrogen and oxygen atoms in total. The summed E-state index contributed by atoms with van der Waals surface area (Å²) in [6.45, 7) is 5.58. The van der Waals surface area contributed by atoms with Gasteiger partial charge in [0.25, 0.3) is 5.91 Å². The van der Waals surface area contributed by atoms with Gasteiger partial charge in [-0.25, -0.2) is 17.9 Å². The number of primary sulfonamides is 1. The zero-order chi connectivity index (χ0) is 16.4. The largest absolute Gasteiger partial charge is 0.347 e. The van der Waals surface area contributed by atoms with Crippen LogP contribution in [-0.4, -0.2) is 19.9 Å². The fourth-order valence-corrected chi connectivity index (χ4v) is 2.64. The number of nitrogens with one attached hydrogen (secondary N) is 1. The molecule has 1 aromatic carbocycles. The number of benzene rings is 1. The molecule has 0 radical (unpaired) electrons. The van der Waals surface area contributed by atoms with Crippen LogP contribution in [0, 0.1) is 5.82 Å². The van der Waals surface area contributed by atoms with E-state index in [2.05, 4.69) is 5.32 Å². The predicted octanol–water partition coefficient (Wildman–Crippen LogP) is 2.44. The van der Waals surface area contributed by atoms with Gasteiger partial charge in [-0.1, -0.05) is 25.4 Å². The van der Waals surface area contributed by atoms with E-state index in [0.717, 1.165) is 12.1 Å². The molecule has 1 rings (SSSR count). The summed E-state index contributed by atoms with van der Waals surface area (Å²) in [5.74, 6) is -1.93. The van der Waals surface area contributed by atoms with Gasteiger partial charge in [0.1, 0.15) is 4.90 Å². The molecule has 1 aromatic rings. The lowest BCUT2D eigenvalue weighted by Crippen LogP contribution is -2.45. The Morgan fingerprint density at radius 2 is 1.90 bits per heavy atom. The number of hydrogen-bond acceptors (Lipinski definition) is 3. The molecule has 0 bridgehead atoms. The molecular formula is C13H18ClFN2O3S. The van der Waals surface area contributed by atoms with E-state index in [-0.39, 0.29) is 5.02 Å². The molecule has 21 heavy (non-hydrogen) atoms. The van der Waals surface area contributed by atoms with E-state index in [9.17, 15) is 17.6 Å². The van der Waals surface area contributed by atoms with E-state index in [1.165, 1.54) is 0 Å². The van der Waals surface area contributed by atoms with E-state index in [1.807, 2.05) is 20.8 Å². The third-order valence-corrected chi connectivity index (χ3v) is 4.66. The molecule has 0 aromatic heterocycles. The summed E-state index contributed by atoms with van der Waals surface area (Å²) in [6.07, 6.45) is 1.28. The molecule has 3 N–H and O–H groups in total. The number of sulfonamides is 1. The summed E-state index contributed by atoms with van der Waals surface area (Å²) in [5, 5.41) is 7.52. The molecular weight excluding hydrogens is 319 g/mol. The topological polar surface area (TPSA) is 89.3 Å². The first-order chi connectivity index (χ1) is 9.54. The number of nitrogens with two attached hydrogens (primary N) is 1. The predicted molar refractivity (Wildman–Crippen MR) is 79.2 cm³/mol. The molecule has 0 fully saturated rings. The Bertz CT molecular complexity index is 658. The van der Waals surface area contributed by atoms with Gasteiger partial charge in [-0.2, -0.15) is 0 Å². The van der Waals surface area contributed by atoms with Gasteiger partial charge in [-0.05, 0) is 31.9 Å². The normalized spacial score (nSPS) is 12.3. The molecule has 0 aliphatic rings. The van der Waals surface area contributed by atoms with Gasteiger partial charge in [0.05, 0.1) is 5.56 Å². The molecule has 0 heterocycles. The molecule has 0 spiro atoms. The SMILES string of the molecule is CCC(C)(CC)NC(=O)c1cc(Cl)cc(S(N)(=O)=O)c1F. The Morgan fingerprint density at radius 3 is 2.33 bits per heavy atom. The van der Waals surface area contributed by atoms with Crippen molar-refractivity contribution in [3.05, 3.63) is 28.5 Å². The highest BCUT2D eigenvalue weighted by molar-refractivity contribution is 7.89. The highest BCUT2D eigenvalue weighted by Crippen LogP contribution is 2.24. The fraction of sp³-hybridized carbons (Fsp3) is 0.462. The lowest BCUT2D eigenvalue weighted by molar-refractivity contribution is 0.0896. The van der Waals surface area contributed by atoms with Crippen molar-refractivity contribution in [3.63, 3.8) is 0 Å². The molecule has 0 saturated carbocycles. The third kappa shape index (κ3) is 4.15. The van der Waals surface area contributed by atoms with Crippen molar-refractivity contribution in [1.82, 2.24) is 5.32 Å². The number of halogens is 2. The molecule has 8 heteroatoms. The van der Waals surface area contributed by atoms with Gasteiger partial charge in [-0.3, -0.25) is 4.79 Å². The monoisotopic (exact) mass is 336 g/mol. The van der Waals surface area contributed by atoms with Gasteiger partial charge in [0.2, 0.25) is 10.0 Å². The summed E-state index contributed by atoms with van der Waals surface area (Å²) in [7, 11) is -4.31. The van der Waals surface area contributed by atoms with Crippen LogP contribution in [0.4, 0.5) is 4.39 Å². The van der Waals surface area contributed by atoms with Crippen molar-refractivity contribution in [3.8, 4) is 0 Å². The van der Waals surface area contributed by atoms with Crippen molar-refractivity contribution < 1.29 is 17.6 Å². The standard InChI is InChI=1S/C13H18ClFN2O3S/c1-4-13(3,5-2)17-12(18)9-6-8(14)7-10(11(9)15)21(16,19)20/h6-7H,4-5H2,1-3H3,(H,17,18)(H2,16,19,20). The second kappa shape index (κ2) is 6.29. The minimum atomic E-state index is -4.31. The van der Waals surface area contributed by atoms with E-state index in [0.29, 0.717) is 12.8 Å². The highest BCUT2D eigenvalue weighted by Gasteiger charge is 2.27. The molecule has 0 unspecified atom stereocenters. The van der Waals surface area contributed by atoms with Crippen LogP contribution in [0.25, 0.3) is 0 Å². The Morgan fingerprint density at radius 1 is 1.38 bits per heavy atom. The fourth-order valence-electron chi connectivity index (χ4n) is 1.70.